The SMILES string of the molecule is C1=Cc2c(c3c(-c4ccc(-c5ccc(-c6nc7ccccc7c7c8ccccc8c8ccccc8c67)cc5)cc4)nc4ccccc4c3c3ccccc23)CC1. The van der Waals surface area contributed by atoms with Crippen molar-refractivity contribution in [3.63, 3.8) is 0 Å². The highest BCUT2D eigenvalue weighted by atomic mass is 14.7. The molecule has 9 aromatic carbocycles. The number of rotatable bonds is 3. The van der Waals surface area contributed by atoms with E-state index in [0.717, 1.165) is 46.4 Å². The summed E-state index contributed by atoms with van der Waals surface area (Å²) in [4.78, 5) is 10.8. The molecule has 0 fully saturated rings. The summed E-state index contributed by atoms with van der Waals surface area (Å²) >= 11 is 0. The number of pyridine rings is 2. The summed E-state index contributed by atoms with van der Waals surface area (Å²) in [7, 11) is 0. The zero-order valence-electron chi connectivity index (χ0n) is 30.6. The molecule has 2 nitrogen and oxygen atoms in total. The van der Waals surface area contributed by atoms with Gasteiger partial charge in [0.05, 0.1) is 22.4 Å². The van der Waals surface area contributed by atoms with Crippen molar-refractivity contribution in [1.29, 1.82) is 0 Å². The lowest BCUT2D eigenvalue weighted by Gasteiger charge is -2.21. The minimum atomic E-state index is 1.01. The van der Waals surface area contributed by atoms with Gasteiger partial charge in [0.15, 0.2) is 0 Å². The van der Waals surface area contributed by atoms with Gasteiger partial charge in [0.25, 0.3) is 0 Å². The second-order valence-electron chi connectivity index (χ2n) is 15.1. The smallest absolute Gasteiger partial charge is 0.0794 e. The molecule has 0 amide bonds. The molecule has 2 heterocycles. The maximum absolute atomic E-state index is 5.39. The van der Waals surface area contributed by atoms with Crippen LogP contribution < -0.4 is 0 Å². The van der Waals surface area contributed by atoms with E-state index in [2.05, 4.69) is 182 Å². The van der Waals surface area contributed by atoms with Gasteiger partial charge in [0.2, 0.25) is 0 Å². The number of allylic oxidation sites excluding steroid dienone is 1. The Morgan fingerprint density at radius 1 is 0.321 bits per heavy atom. The van der Waals surface area contributed by atoms with Crippen LogP contribution in [0.25, 0.3) is 115 Å². The molecule has 0 atom stereocenters. The van der Waals surface area contributed by atoms with Crippen LogP contribution in [0.2, 0.25) is 0 Å². The Labute approximate surface area is 324 Å². The van der Waals surface area contributed by atoms with Gasteiger partial charge in [-0.15, -0.1) is 0 Å². The fourth-order valence-electron chi connectivity index (χ4n) is 9.58. The summed E-state index contributed by atoms with van der Waals surface area (Å²) in [6, 6.07) is 61.7. The molecule has 0 N–H and O–H groups in total. The van der Waals surface area contributed by atoms with E-state index in [-0.39, 0.29) is 0 Å². The zero-order valence-corrected chi connectivity index (χ0v) is 30.6. The Morgan fingerprint density at radius 2 is 0.714 bits per heavy atom. The molecule has 56 heavy (non-hydrogen) atoms. The van der Waals surface area contributed by atoms with Gasteiger partial charge in [-0.1, -0.05) is 170 Å². The van der Waals surface area contributed by atoms with Gasteiger partial charge in [0, 0.05) is 43.4 Å². The van der Waals surface area contributed by atoms with Crippen molar-refractivity contribution in [2.24, 2.45) is 0 Å². The van der Waals surface area contributed by atoms with Crippen LogP contribution in [0, 0.1) is 0 Å². The minimum absolute atomic E-state index is 1.01. The first-order valence-corrected chi connectivity index (χ1v) is 19.6. The molecule has 0 radical (unpaired) electrons. The van der Waals surface area contributed by atoms with Crippen molar-refractivity contribution in [2.75, 3.05) is 0 Å². The predicted octanol–water partition coefficient (Wildman–Crippen LogP) is 14.5. The highest BCUT2D eigenvalue weighted by Crippen LogP contribution is 2.45. The third kappa shape index (κ3) is 4.56. The van der Waals surface area contributed by atoms with Gasteiger partial charge in [-0.25, -0.2) is 9.97 Å². The summed E-state index contributed by atoms with van der Waals surface area (Å²) in [5, 5.41) is 15.1. The molecule has 11 aromatic rings. The van der Waals surface area contributed by atoms with Crippen molar-refractivity contribution in [2.45, 2.75) is 12.8 Å². The molecule has 0 unspecified atom stereocenters. The number of nitrogens with zero attached hydrogens (tertiary/aromatic N) is 2. The standard InChI is InChI=1S/C54H34N2/c1-5-17-41-37(13-1)39-15-3-7-19-43(39)51-49(41)45-21-9-11-23-47(45)55-53(51)35-29-25-33(26-30-35)34-27-31-36(32-28-34)54-52-44-20-8-4-16-40(44)38-14-2-6-18-42(38)50(52)46-22-10-12-24-48(46)56-54/h1-7,9-19,21-32H,8,20H2. The average molecular weight is 711 g/mol. The fraction of sp³-hybridized carbons (Fsp3) is 0.0370. The Morgan fingerprint density at radius 3 is 1.27 bits per heavy atom. The maximum atomic E-state index is 5.39. The molecule has 260 valence electrons. The largest absolute Gasteiger partial charge is 0.247 e. The van der Waals surface area contributed by atoms with Gasteiger partial charge in [-0.2, -0.15) is 0 Å². The van der Waals surface area contributed by atoms with E-state index in [1.54, 1.807) is 0 Å². The first kappa shape index (κ1) is 31.2. The van der Waals surface area contributed by atoms with Crippen molar-refractivity contribution < 1.29 is 0 Å². The van der Waals surface area contributed by atoms with E-state index in [4.69, 9.17) is 9.97 Å². The molecular weight excluding hydrogens is 677 g/mol. The van der Waals surface area contributed by atoms with Crippen molar-refractivity contribution in [1.82, 2.24) is 9.97 Å². The number of hydrogen-bond acceptors (Lipinski definition) is 2. The summed E-state index contributed by atoms with van der Waals surface area (Å²) in [5.41, 5.74) is 11.5. The van der Waals surface area contributed by atoms with E-state index < -0.39 is 0 Å². The summed E-state index contributed by atoms with van der Waals surface area (Å²) in [5.74, 6) is 0. The Hall–Kier alpha value is -7.16. The second-order valence-corrected chi connectivity index (χ2v) is 15.1. The van der Waals surface area contributed by atoms with E-state index in [9.17, 15) is 0 Å². The number of aryl methyl sites for hydroxylation is 1. The van der Waals surface area contributed by atoms with Crippen molar-refractivity contribution >= 4 is 81.7 Å². The molecule has 0 aliphatic heterocycles. The van der Waals surface area contributed by atoms with Crippen LogP contribution in [-0.2, 0) is 6.42 Å². The van der Waals surface area contributed by atoms with Crippen LogP contribution in [0.3, 0.4) is 0 Å². The number of para-hydroxylation sites is 2. The second kappa shape index (κ2) is 12.2. The Kier molecular flexibility index (Phi) is 6.79. The van der Waals surface area contributed by atoms with Gasteiger partial charge >= 0.3 is 0 Å². The van der Waals surface area contributed by atoms with Crippen LogP contribution in [0.5, 0.6) is 0 Å². The monoisotopic (exact) mass is 710 g/mol. The van der Waals surface area contributed by atoms with Gasteiger partial charge in [-0.05, 0) is 79.5 Å². The zero-order chi connectivity index (χ0) is 36.7. The van der Waals surface area contributed by atoms with E-state index >= 15 is 0 Å². The van der Waals surface area contributed by atoms with E-state index in [0.29, 0.717) is 0 Å². The topological polar surface area (TPSA) is 25.8 Å². The van der Waals surface area contributed by atoms with Gasteiger partial charge in [-0.3, -0.25) is 0 Å². The van der Waals surface area contributed by atoms with Crippen LogP contribution in [0.1, 0.15) is 17.5 Å². The van der Waals surface area contributed by atoms with Crippen molar-refractivity contribution in [3.8, 4) is 33.6 Å². The molecule has 1 aliphatic carbocycles. The fourth-order valence-corrected chi connectivity index (χ4v) is 9.58. The maximum Gasteiger partial charge on any atom is 0.0794 e. The van der Waals surface area contributed by atoms with Crippen LogP contribution in [0.15, 0.2) is 176 Å². The lowest BCUT2D eigenvalue weighted by atomic mass is 9.84. The molecule has 0 saturated heterocycles. The molecule has 0 spiro atoms. The van der Waals surface area contributed by atoms with Gasteiger partial charge < -0.3 is 0 Å². The first-order valence-electron chi connectivity index (χ1n) is 19.6. The van der Waals surface area contributed by atoms with Crippen LogP contribution in [0.4, 0.5) is 0 Å². The van der Waals surface area contributed by atoms with E-state index in [1.165, 1.54) is 86.9 Å². The first-order chi connectivity index (χ1) is 27.8. The quantitative estimate of drug-likeness (QED) is 0.171. The molecule has 12 rings (SSSR count). The Balaban J connectivity index is 1.01. The number of fused-ring (bicyclic) bond motifs is 16. The third-order valence-electron chi connectivity index (χ3n) is 12.1. The molecule has 0 bridgehead atoms. The lowest BCUT2D eigenvalue weighted by molar-refractivity contribution is 1.00. The molecule has 0 saturated carbocycles. The molecular formula is C54H34N2. The van der Waals surface area contributed by atoms with E-state index in [1.807, 2.05) is 0 Å². The summed E-state index contributed by atoms with van der Waals surface area (Å²) < 4.78 is 0. The normalized spacial score (nSPS) is 12.8. The number of aromatic nitrogens is 2. The number of benzene rings is 9. The molecule has 2 aromatic heterocycles. The molecule has 2 heteroatoms. The third-order valence-corrected chi connectivity index (χ3v) is 12.1. The minimum Gasteiger partial charge on any atom is -0.247 e. The van der Waals surface area contributed by atoms with Crippen molar-refractivity contribution in [3.05, 3.63) is 187 Å². The lowest BCUT2D eigenvalue weighted by Crippen LogP contribution is -2.01. The highest BCUT2D eigenvalue weighted by molar-refractivity contribution is 6.33. The van der Waals surface area contributed by atoms with Crippen LogP contribution in [-0.4, -0.2) is 9.97 Å². The van der Waals surface area contributed by atoms with Gasteiger partial charge in [0.1, 0.15) is 0 Å². The summed E-state index contributed by atoms with van der Waals surface area (Å²) in [6.45, 7) is 0. The summed E-state index contributed by atoms with van der Waals surface area (Å²) in [6.07, 6.45) is 6.70. The number of hydrogen-bond donors (Lipinski definition) is 0. The Bertz CT molecular complexity index is 3450. The molecule has 1 aliphatic rings. The highest BCUT2D eigenvalue weighted by Gasteiger charge is 2.22. The predicted molar refractivity (Wildman–Crippen MR) is 238 cm³/mol. The average Bonchev–Trinajstić information content (AvgIpc) is 3.28. The van der Waals surface area contributed by atoms with Crippen LogP contribution >= 0.6 is 0 Å².